The lowest BCUT2D eigenvalue weighted by atomic mass is 9.86. The number of benzene rings is 1. The zero-order valence-electron chi connectivity index (χ0n) is 10.9. The van der Waals surface area contributed by atoms with Gasteiger partial charge in [-0.2, -0.15) is 0 Å². The van der Waals surface area contributed by atoms with Crippen LogP contribution in [0.15, 0.2) is 18.2 Å². The van der Waals surface area contributed by atoms with Crippen molar-refractivity contribution in [2.75, 3.05) is 6.54 Å². The van der Waals surface area contributed by atoms with Crippen LogP contribution in [0.2, 0.25) is 5.02 Å². The average molecular weight is 258 g/mol. The molecule has 2 atom stereocenters. The van der Waals surface area contributed by atoms with Crippen LogP contribution in [0.1, 0.15) is 39.3 Å². The fourth-order valence-corrected chi connectivity index (χ4v) is 2.10. The van der Waals surface area contributed by atoms with E-state index in [1.807, 2.05) is 6.92 Å². The second kappa shape index (κ2) is 6.36. The molecule has 0 heterocycles. The molecule has 0 spiro atoms. The van der Waals surface area contributed by atoms with Gasteiger partial charge in [0, 0.05) is 16.6 Å². The third-order valence-corrected chi connectivity index (χ3v) is 3.53. The predicted molar refractivity (Wildman–Crippen MR) is 71.8 cm³/mol. The first-order valence-corrected chi connectivity index (χ1v) is 6.53. The molecule has 1 rings (SSSR count). The summed E-state index contributed by atoms with van der Waals surface area (Å²) in [6.45, 7) is 9.31. The van der Waals surface area contributed by atoms with Gasteiger partial charge in [-0.3, -0.25) is 0 Å². The van der Waals surface area contributed by atoms with Gasteiger partial charge in [-0.05, 0) is 30.5 Å². The summed E-state index contributed by atoms with van der Waals surface area (Å²) in [5.41, 5.74) is 0.706. The summed E-state index contributed by atoms with van der Waals surface area (Å²) in [6, 6.07) is 4.95. The number of nitrogens with one attached hydrogen (secondary N) is 1. The Bertz CT molecular complexity index is 365. The van der Waals surface area contributed by atoms with Gasteiger partial charge in [-0.15, -0.1) is 0 Å². The molecule has 1 aromatic carbocycles. The minimum Gasteiger partial charge on any atom is -0.310 e. The molecule has 0 saturated carbocycles. The molecular formula is C14H21ClFN. The molecule has 1 aromatic rings. The minimum atomic E-state index is -0.226. The molecule has 0 saturated heterocycles. The molecule has 2 unspecified atom stereocenters. The summed E-state index contributed by atoms with van der Waals surface area (Å²) in [4.78, 5) is 0. The molecule has 0 bridgehead atoms. The van der Waals surface area contributed by atoms with E-state index in [1.54, 1.807) is 12.1 Å². The molecule has 0 amide bonds. The quantitative estimate of drug-likeness (QED) is 0.823. The summed E-state index contributed by atoms with van der Waals surface area (Å²) in [6.07, 6.45) is 0. The van der Waals surface area contributed by atoms with Crippen molar-refractivity contribution >= 4 is 11.6 Å². The monoisotopic (exact) mass is 257 g/mol. The van der Waals surface area contributed by atoms with Crippen LogP contribution in [-0.2, 0) is 0 Å². The van der Waals surface area contributed by atoms with Crippen LogP contribution in [0.3, 0.4) is 0 Å². The Morgan fingerprint density at radius 1 is 1.29 bits per heavy atom. The highest BCUT2D eigenvalue weighted by Gasteiger charge is 2.23. The van der Waals surface area contributed by atoms with E-state index < -0.39 is 0 Å². The molecule has 0 radical (unpaired) electrons. The van der Waals surface area contributed by atoms with Crippen LogP contribution in [0, 0.1) is 17.7 Å². The molecule has 3 heteroatoms. The van der Waals surface area contributed by atoms with E-state index >= 15 is 0 Å². The van der Waals surface area contributed by atoms with Crippen molar-refractivity contribution in [1.29, 1.82) is 0 Å². The Hall–Kier alpha value is -0.600. The van der Waals surface area contributed by atoms with E-state index in [2.05, 4.69) is 26.1 Å². The molecular weight excluding hydrogens is 237 g/mol. The highest BCUT2D eigenvalue weighted by molar-refractivity contribution is 6.30. The smallest absolute Gasteiger partial charge is 0.129 e. The minimum absolute atomic E-state index is 0.0391. The van der Waals surface area contributed by atoms with Gasteiger partial charge in [0.1, 0.15) is 5.82 Å². The third-order valence-electron chi connectivity index (χ3n) is 3.30. The van der Waals surface area contributed by atoms with Gasteiger partial charge in [0.2, 0.25) is 0 Å². The fraction of sp³-hybridized carbons (Fsp3) is 0.571. The largest absolute Gasteiger partial charge is 0.310 e. The van der Waals surface area contributed by atoms with Crippen LogP contribution in [0.25, 0.3) is 0 Å². The summed E-state index contributed by atoms with van der Waals surface area (Å²) in [5.74, 6) is 0.635. The van der Waals surface area contributed by atoms with Gasteiger partial charge in [0.15, 0.2) is 0 Å². The van der Waals surface area contributed by atoms with E-state index in [0.29, 0.717) is 22.4 Å². The summed E-state index contributed by atoms with van der Waals surface area (Å²) < 4.78 is 13.9. The van der Waals surface area contributed by atoms with Gasteiger partial charge in [0.25, 0.3) is 0 Å². The Morgan fingerprint density at radius 3 is 2.41 bits per heavy atom. The van der Waals surface area contributed by atoms with Gasteiger partial charge in [-0.25, -0.2) is 4.39 Å². The lowest BCUT2D eigenvalue weighted by Gasteiger charge is -2.28. The number of hydrogen-bond donors (Lipinski definition) is 1. The molecule has 0 fully saturated rings. The standard InChI is InChI=1S/C14H21ClFN/c1-5-17-14(10(4)9(2)3)12-7-6-11(15)8-13(12)16/h6-10,14,17H,5H2,1-4H3. The van der Waals surface area contributed by atoms with Crippen LogP contribution < -0.4 is 5.32 Å². The van der Waals surface area contributed by atoms with E-state index in [1.165, 1.54) is 6.07 Å². The Kier molecular flexibility index (Phi) is 5.41. The normalized spacial score (nSPS) is 15.0. The Balaban J connectivity index is 3.04. The van der Waals surface area contributed by atoms with Gasteiger partial charge >= 0.3 is 0 Å². The van der Waals surface area contributed by atoms with E-state index in [9.17, 15) is 4.39 Å². The summed E-state index contributed by atoms with van der Waals surface area (Å²) >= 11 is 5.78. The maximum Gasteiger partial charge on any atom is 0.129 e. The number of rotatable bonds is 5. The SMILES string of the molecule is CCNC(c1ccc(Cl)cc1F)C(C)C(C)C. The molecule has 0 aliphatic heterocycles. The molecule has 1 nitrogen and oxygen atoms in total. The maximum absolute atomic E-state index is 13.9. The van der Waals surface area contributed by atoms with E-state index in [0.717, 1.165) is 6.54 Å². The maximum atomic E-state index is 13.9. The van der Waals surface area contributed by atoms with E-state index in [-0.39, 0.29) is 11.9 Å². The van der Waals surface area contributed by atoms with Crippen LogP contribution in [0.5, 0.6) is 0 Å². The Labute approximate surface area is 108 Å². The number of hydrogen-bond acceptors (Lipinski definition) is 1. The lowest BCUT2D eigenvalue weighted by molar-refractivity contribution is 0.301. The van der Waals surface area contributed by atoms with Crippen molar-refractivity contribution in [3.05, 3.63) is 34.6 Å². The molecule has 1 N–H and O–H groups in total. The topological polar surface area (TPSA) is 12.0 Å². The van der Waals surface area contributed by atoms with Crippen molar-refractivity contribution in [2.45, 2.75) is 33.7 Å². The van der Waals surface area contributed by atoms with E-state index in [4.69, 9.17) is 11.6 Å². The first kappa shape index (κ1) is 14.5. The summed E-state index contributed by atoms with van der Waals surface area (Å²) in [5, 5.41) is 3.80. The predicted octanol–water partition coefficient (Wildman–Crippen LogP) is 4.42. The van der Waals surface area contributed by atoms with Crippen molar-refractivity contribution in [3.8, 4) is 0 Å². The second-order valence-corrected chi connectivity index (χ2v) is 5.24. The highest BCUT2D eigenvalue weighted by atomic mass is 35.5. The van der Waals surface area contributed by atoms with Crippen LogP contribution >= 0.6 is 11.6 Å². The average Bonchev–Trinajstić information content (AvgIpc) is 2.26. The first-order valence-electron chi connectivity index (χ1n) is 6.15. The molecule has 96 valence electrons. The Morgan fingerprint density at radius 2 is 1.94 bits per heavy atom. The van der Waals surface area contributed by atoms with Gasteiger partial charge < -0.3 is 5.32 Å². The molecule has 17 heavy (non-hydrogen) atoms. The summed E-state index contributed by atoms with van der Waals surface area (Å²) in [7, 11) is 0. The zero-order valence-corrected chi connectivity index (χ0v) is 11.7. The first-order chi connectivity index (χ1) is 7.97. The van der Waals surface area contributed by atoms with Crippen LogP contribution in [0.4, 0.5) is 4.39 Å². The van der Waals surface area contributed by atoms with Gasteiger partial charge in [-0.1, -0.05) is 45.4 Å². The second-order valence-electron chi connectivity index (χ2n) is 4.80. The van der Waals surface area contributed by atoms with Crippen LogP contribution in [-0.4, -0.2) is 6.54 Å². The van der Waals surface area contributed by atoms with Crippen molar-refractivity contribution < 1.29 is 4.39 Å². The molecule has 0 aliphatic carbocycles. The lowest BCUT2D eigenvalue weighted by Crippen LogP contribution is -2.30. The zero-order chi connectivity index (χ0) is 13.0. The molecule has 0 aromatic heterocycles. The molecule has 0 aliphatic rings. The number of halogens is 2. The third kappa shape index (κ3) is 3.68. The van der Waals surface area contributed by atoms with Crippen molar-refractivity contribution in [1.82, 2.24) is 5.32 Å². The highest BCUT2D eigenvalue weighted by Crippen LogP contribution is 2.30. The fourth-order valence-electron chi connectivity index (χ4n) is 1.94. The van der Waals surface area contributed by atoms with Gasteiger partial charge in [0.05, 0.1) is 0 Å². The van der Waals surface area contributed by atoms with Crippen molar-refractivity contribution in [2.24, 2.45) is 11.8 Å². The van der Waals surface area contributed by atoms with Crippen molar-refractivity contribution in [3.63, 3.8) is 0 Å².